The molecule has 0 bridgehead atoms. The van der Waals surface area contributed by atoms with Gasteiger partial charge in [-0.05, 0) is 19.8 Å². The van der Waals surface area contributed by atoms with Crippen molar-refractivity contribution < 1.29 is 9.53 Å². The van der Waals surface area contributed by atoms with Gasteiger partial charge in [-0.1, -0.05) is 20.3 Å². The Kier molecular flexibility index (Phi) is 5.55. The zero-order valence-corrected chi connectivity index (χ0v) is 11.5. The highest BCUT2D eigenvalue weighted by molar-refractivity contribution is 5.90. The minimum atomic E-state index is -0.372. The van der Waals surface area contributed by atoms with Crippen molar-refractivity contribution in [1.29, 1.82) is 0 Å². The molecule has 0 saturated carbocycles. The minimum absolute atomic E-state index is 0.353. The third-order valence-corrected chi connectivity index (χ3v) is 2.78. The molecule has 0 aliphatic carbocycles. The maximum Gasteiger partial charge on any atom is 0.341 e. The van der Waals surface area contributed by atoms with Crippen molar-refractivity contribution in [3.05, 3.63) is 17.5 Å². The number of anilines is 1. The van der Waals surface area contributed by atoms with Crippen LogP contribution in [0.2, 0.25) is 0 Å². The number of rotatable bonds is 6. The van der Waals surface area contributed by atoms with Crippen molar-refractivity contribution in [3.8, 4) is 0 Å². The van der Waals surface area contributed by atoms with Crippen LogP contribution in [0.4, 0.5) is 5.95 Å². The van der Waals surface area contributed by atoms with E-state index in [-0.39, 0.29) is 5.97 Å². The molecule has 0 amide bonds. The average molecular weight is 251 g/mol. The summed E-state index contributed by atoms with van der Waals surface area (Å²) < 4.78 is 4.92. The zero-order chi connectivity index (χ0) is 13.5. The lowest BCUT2D eigenvalue weighted by Crippen LogP contribution is -2.15. The quantitative estimate of drug-likeness (QED) is 0.787. The van der Waals surface area contributed by atoms with E-state index in [2.05, 4.69) is 29.1 Å². The topological polar surface area (TPSA) is 64.1 Å². The smallest absolute Gasteiger partial charge is 0.341 e. The number of aryl methyl sites for hydroxylation is 1. The lowest BCUT2D eigenvalue weighted by atomic mass is 10.1. The number of esters is 1. The summed E-state index contributed by atoms with van der Waals surface area (Å²) in [5.41, 5.74) is 1.06. The fourth-order valence-electron chi connectivity index (χ4n) is 1.37. The van der Waals surface area contributed by atoms with Crippen LogP contribution >= 0.6 is 0 Å². The van der Waals surface area contributed by atoms with Gasteiger partial charge in [-0.15, -0.1) is 0 Å². The lowest BCUT2D eigenvalue weighted by Gasteiger charge is -2.11. The molecule has 0 aromatic carbocycles. The van der Waals surface area contributed by atoms with Crippen molar-refractivity contribution in [1.82, 2.24) is 9.97 Å². The van der Waals surface area contributed by atoms with E-state index < -0.39 is 0 Å². The maximum absolute atomic E-state index is 11.6. The predicted octanol–water partition coefficient (Wildman–Crippen LogP) is 2.42. The van der Waals surface area contributed by atoms with Crippen LogP contribution in [-0.2, 0) is 4.74 Å². The molecule has 0 aliphatic heterocycles. The number of ether oxygens (including phenoxy) is 1. The van der Waals surface area contributed by atoms with Crippen LogP contribution in [0.3, 0.4) is 0 Å². The minimum Gasteiger partial charge on any atom is -0.462 e. The van der Waals surface area contributed by atoms with Crippen molar-refractivity contribution in [3.63, 3.8) is 0 Å². The van der Waals surface area contributed by atoms with Gasteiger partial charge in [-0.2, -0.15) is 0 Å². The highest BCUT2D eigenvalue weighted by atomic mass is 16.5. The van der Waals surface area contributed by atoms with E-state index in [0.717, 1.165) is 13.0 Å². The Morgan fingerprint density at radius 3 is 2.78 bits per heavy atom. The molecule has 1 aromatic rings. The Bertz CT molecular complexity index is 407. The molecule has 1 unspecified atom stereocenters. The molecule has 0 fully saturated rings. The molecule has 5 heteroatoms. The lowest BCUT2D eigenvalue weighted by molar-refractivity contribution is 0.0524. The van der Waals surface area contributed by atoms with E-state index in [1.807, 2.05) is 0 Å². The van der Waals surface area contributed by atoms with Gasteiger partial charge in [-0.3, -0.25) is 0 Å². The molecule has 18 heavy (non-hydrogen) atoms. The molecule has 1 atom stereocenters. The Morgan fingerprint density at radius 2 is 2.22 bits per heavy atom. The molecule has 1 aromatic heterocycles. The highest BCUT2D eigenvalue weighted by Crippen LogP contribution is 2.09. The van der Waals surface area contributed by atoms with Crippen molar-refractivity contribution in [2.45, 2.75) is 34.1 Å². The van der Waals surface area contributed by atoms with Crippen LogP contribution in [0.25, 0.3) is 0 Å². The van der Waals surface area contributed by atoms with Crippen molar-refractivity contribution in [2.75, 3.05) is 18.5 Å². The number of aromatic nitrogens is 2. The van der Waals surface area contributed by atoms with Gasteiger partial charge in [0, 0.05) is 12.7 Å². The SMILES string of the molecule is CCOC(=O)c1cnc(NCC(C)CC)nc1C. The third-order valence-electron chi connectivity index (χ3n) is 2.78. The predicted molar refractivity (Wildman–Crippen MR) is 70.7 cm³/mol. The van der Waals surface area contributed by atoms with Crippen LogP contribution in [0, 0.1) is 12.8 Å². The van der Waals surface area contributed by atoms with E-state index in [1.54, 1.807) is 13.8 Å². The third kappa shape index (κ3) is 3.98. The molecule has 0 radical (unpaired) electrons. The van der Waals surface area contributed by atoms with Crippen LogP contribution in [-0.4, -0.2) is 29.1 Å². The standard InChI is InChI=1S/C13H21N3O2/c1-5-9(3)7-14-13-15-8-11(10(4)16-13)12(17)18-6-2/h8-9H,5-7H2,1-4H3,(H,14,15,16). The fraction of sp³-hybridized carbons (Fsp3) is 0.615. The van der Waals surface area contributed by atoms with E-state index in [9.17, 15) is 4.79 Å². The summed E-state index contributed by atoms with van der Waals surface area (Å²) in [6.07, 6.45) is 2.62. The Morgan fingerprint density at radius 1 is 1.50 bits per heavy atom. The van der Waals surface area contributed by atoms with Gasteiger partial charge in [-0.25, -0.2) is 14.8 Å². The van der Waals surface area contributed by atoms with E-state index in [1.165, 1.54) is 6.20 Å². The molecule has 1 N–H and O–H groups in total. The Labute approximate surface area is 108 Å². The summed E-state index contributed by atoms with van der Waals surface area (Å²) in [7, 11) is 0. The summed E-state index contributed by atoms with van der Waals surface area (Å²) in [5, 5.41) is 3.16. The molecule has 1 rings (SSSR count). The monoisotopic (exact) mass is 251 g/mol. The van der Waals surface area contributed by atoms with Gasteiger partial charge in [0.1, 0.15) is 0 Å². The number of nitrogens with one attached hydrogen (secondary N) is 1. The van der Waals surface area contributed by atoms with E-state index in [4.69, 9.17) is 4.74 Å². The molecule has 0 spiro atoms. The molecular formula is C13H21N3O2. The number of carbonyl (C=O) groups is 1. The second kappa shape index (κ2) is 6.93. The first-order valence-electron chi connectivity index (χ1n) is 6.33. The molecule has 0 aliphatic rings. The first-order chi connectivity index (χ1) is 8.58. The van der Waals surface area contributed by atoms with Crippen LogP contribution in [0.5, 0.6) is 0 Å². The summed E-state index contributed by atoms with van der Waals surface area (Å²) in [4.78, 5) is 20.0. The molecule has 0 saturated heterocycles. The van der Waals surface area contributed by atoms with E-state index >= 15 is 0 Å². The summed E-state index contributed by atoms with van der Waals surface area (Å²) in [6, 6.07) is 0. The van der Waals surface area contributed by atoms with Gasteiger partial charge >= 0.3 is 5.97 Å². The molecular weight excluding hydrogens is 230 g/mol. The van der Waals surface area contributed by atoms with Gasteiger partial charge in [0.15, 0.2) is 0 Å². The van der Waals surface area contributed by atoms with Gasteiger partial charge in [0.25, 0.3) is 0 Å². The normalized spacial score (nSPS) is 12.0. The largest absolute Gasteiger partial charge is 0.462 e. The van der Waals surface area contributed by atoms with Crippen LogP contribution < -0.4 is 5.32 Å². The number of carbonyl (C=O) groups excluding carboxylic acids is 1. The van der Waals surface area contributed by atoms with Gasteiger partial charge in [0.05, 0.1) is 17.9 Å². The number of nitrogens with zero attached hydrogens (tertiary/aromatic N) is 2. The average Bonchev–Trinajstić information content (AvgIpc) is 2.36. The second-order valence-corrected chi connectivity index (χ2v) is 4.31. The summed E-state index contributed by atoms with van der Waals surface area (Å²) in [5.74, 6) is 0.753. The number of hydrogen-bond donors (Lipinski definition) is 1. The zero-order valence-electron chi connectivity index (χ0n) is 11.5. The Hall–Kier alpha value is -1.65. The molecule has 1 heterocycles. The van der Waals surface area contributed by atoms with E-state index in [0.29, 0.717) is 29.7 Å². The fourth-order valence-corrected chi connectivity index (χ4v) is 1.37. The van der Waals surface area contributed by atoms with Crippen LogP contribution in [0.1, 0.15) is 43.2 Å². The summed E-state index contributed by atoms with van der Waals surface area (Å²) >= 11 is 0. The Balaban J connectivity index is 2.70. The number of hydrogen-bond acceptors (Lipinski definition) is 5. The van der Waals surface area contributed by atoms with Gasteiger partial charge < -0.3 is 10.1 Å². The molecule has 5 nitrogen and oxygen atoms in total. The first kappa shape index (κ1) is 14.4. The van der Waals surface area contributed by atoms with Crippen LogP contribution in [0.15, 0.2) is 6.20 Å². The first-order valence-corrected chi connectivity index (χ1v) is 6.33. The second-order valence-electron chi connectivity index (χ2n) is 4.31. The molecule has 100 valence electrons. The van der Waals surface area contributed by atoms with Gasteiger partial charge in [0.2, 0.25) is 5.95 Å². The summed E-state index contributed by atoms with van der Waals surface area (Å²) in [6.45, 7) is 9.04. The van der Waals surface area contributed by atoms with Crippen molar-refractivity contribution in [2.24, 2.45) is 5.92 Å². The maximum atomic E-state index is 11.6. The van der Waals surface area contributed by atoms with Crippen molar-refractivity contribution >= 4 is 11.9 Å². The highest BCUT2D eigenvalue weighted by Gasteiger charge is 2.12.